The smallest absolute Gasteiger partial charge is 0.173 e. The minimum Gasteiger partial charge on any atom is -0.511 e. The molecule has 4 rings (SSSR count). The van der Waals surface area contributed by atoms with E-state index in [9.17, 15) is 29.7 Å². The van der Waals surface area contributed by atoms with Gasteiger partial charge in [0.2, 0.25) is 0 Å². The minimum absolute atomic E-state index is 0. The van der Waals surface area contributed by atoms with Gasteiger partial charge in [-0.1, -0.05) is 13.0 Å². The molecule has 0 saturated heterocycles. The fourth-order valence-electron chi connectivity index (χ4n) is 5.15. The van der Waals surface area contributed by atoms with Crippen molar-refractivity contribution in [2.24, 2.45) is 17.8 Å². The number of phenols is 1. The Labute approximate surface area is 170 Å². The molecule has 1 saturated carbocycles. The van der Waals surface area contributed by atoms with Gasteiger partial charge in [0.05, 0.1) is 17.1 Å². The first-order chi connectivity index (χ1) is 13.3. The lowest BCUT2D eigenvalue weighted by molar-refractivity contribution is -0.127. The summed E-state index contributed by atoms with van der Waals surface area (Å²) >= 11 is 0. The monoisotopic (exact) mass is 404 g/mol. The Bertz CT molecular complexity index is 1010. The fourth-order valence-corrected chi connectivity index (χ4v) is 5.15. The van der Waals surface area contributed by atoms with E-state index in [0.717, 1.165) is 17.5 Å². The van der Waals surface area contributed by atoms with Gasteiger partial charge in [0.1, 0.15) is 17.3 Å². The number of carbonyl (C=O) groups excluding carboxylic acids is 3. The van der Waals surface area contributed by atoms with Crippen LogP contribution in [0.2, 0.25) is 0 Å². The summed E-state index contributed by atoms with van der Waals surface area (Å²) in [5.74, 6) is -3.95. The Kier molecular flexibility index (Phi) is 5.13. The van der Waals surface area contributed by atoms with Crippen LogP contribution in [0.5, 0.6) is 5.75 Å². The molecule has 0 amide bonds. The molecule has 0 aliphatic heterocycles. The first-order valence-corrected chi connectivity index (χ1v) is 9.54. The molecule has 1 aromatic rings. The molecule has 0 aromatic heterocycles. The Morgan fingerprint density at radius 2 is 1.86 bits per heavy atom. The molecule has 3 aliphatic rings. The van der Waals surface area contributed by atoms with Crippen molar-refractivity contribution in [1.82, 2.24) is 0 Å². The van der Waals surface area contributed by atoms with Gasteiger partial charge in [-0.15, -0.1) is 0 Å². The number of rotatable bonds is 2. The van der Waals surface area contributed by atoms with Gasteiger partial charge in [-0.25, -0.2) is 0 Å². The van der Waals surface area contributed by atoms with Gasteiger partial charge in [0.25, 0.3) is 0 Å². The molecule has 7 nitrogen and oxygen atoms in total. The molecule has 29 heavy (non-hydrogen) atoms. The summed E-state index contributed by atoms with van der Waals surface area (Å²) in [5, 5.41) is 31.7. The van der Waals surface area contributed by atoms with Crippen molar-refractivity contribution in [2.45, 2.75) is 39.5 Å². The van der Waals surface area contributed by atoms with E-state index < -0.39 is 34.9 Å². The van der Waals surface area contributed by atoms with Crippen LogP contribution in [0.25, 0.3) is 5.76 Å². The van der Waals surface area contributed by atoms with Crippen molar-refractivity contribution in [1.29, 1.82) is 0 Å². The Morgan fingerprint density at radius 3 is 2.48 bits per heavy atom. The molecule has 0 heterocycles. The largest absolute Gasteiger partial charge is 0.511 e. The second kappa shape index (κ2) is 7.15. The number of Topliss-reactive ketones (excluding diaryl/α,β-unsaturated/α-hetero) is 3. The van der Waals surface area contributed by atoms with Crippen LogP contribution in [-0.4, -0.2) is 38.1 Å². The summed E-state index contributed by atoms with van der Waals surface area (Å²) in [6.07, 6.45) is 1.70. The van der Waals surface area contributed by atoms with Gasteiger partial charge in [-0.3, -0.25) is 14.4 Å². The number of aliphatic hydroxyl groups excluding tert-OH is 2. The summed E-state index contributed by atoms with van der Waals surface area (Å²) in [7, 11) is 0. The van der Waals surface area contributed by atoms with Gasteiger partial charge in [0, 0.05) is 14.8 Å². The highest BCUT2D eigenvalue weighted by atomic mass is 16.3. The summed E-state index contributed by atoms with van der Waals surface area (Å²) in [4.78, 5) is 37.4. The average molecular weight is 404 g/mol. The molecular weight excluding hydrogens is 376 g/mol. The normalized spacial score (nSPS) is 25.8. The van der Waals surface area contributed by atoms with Crippen molar-refractivity contribution in [2.75, 3.05) is 0 Å². The first kappa shape index (κ1) is 20.8. The quantitative estimate of drug-likeness (QED) is 0.647. The number of allylic oxidation sites excluding steroid dienone is 3. The highest BCUT2D eigenvalue weighted by Crippen LogP contribution is 2.50. The summed E-state index contributed by atoms with van der Waals surface area (Å²) < 4.78 is 0. The Morgan fingerprint density at radius 1 is 1.17 bits per heavy atom. The van der Waals surface area contributed by atoms with E-state index >= 15 is 0 Å². The maximum absolute atomic E-state index is 13.2. The van der Waals surface area contributed by atoms with Crippen LogP contribution in [0.4, 0.5) is 0 Å². The number of phenolic OH excluding ortho intramolecular Hbond substituents is 1. The number of hydrogen-bond acceptors (Lipinski definition) is 6. The molecule has 0 bridgehead atoms. The number of aromatic hydroxyl groups is 1. The molecule has 3 aliphatic carbocycles. The van der Waals surface area contributed by atoms with E-state index in [1.54, 1.807) is 0 Å². The van der Waals surface area contributed by atoms with E-state index in [1.807, 2.05) is 13.0 Å². The highest BCUT2D eigenvalue weighted by Gasteiger charge is 2.50. The first-order valence-electron chi connectivity index (χ1n) is 9.54. The summed E-state index contributed by atoms with van der Waals surface area (Å²) in [6, 6.07) is 3.33. The van der Waals surface area contributed by atoms with Crippen LogP contribution in [0.15, 0.2) is 29.0 Å². The highest BCUT2D eigenvalue weighted by molar-refractivity contribution is 6.21. The molecule has 1 aromatic carbocycles. The molecule has 0 spiro atoms. The van der Waals surface area contributed by atoms with Gasteiger partial charge in [-0.05, 0) is 55.2 Å². The standard InChI is InChI=1S/C22H22O6.H2O.2H2/c1-3-10-4-5-14(24)19-13(10)7-11-6-12-8-15(25)16(9(2)23)20(26)18(12)21(27)17(11)22(19)28;;;/h4-5,11-12,18,24,26,28H,3,6-8H2,1-2H3;1H2;2*1H. The van der Waals surface area contributed by atoms with Crippen molar-refractivity contribution in [3.05, 3.63) is 45.7 Å². The van der Waals surface area contributed by atoms with Crippen molar-refractivity contribution >= 4 is 23.1 Å². The zero-order chi connectivity index (χ0) is 20.3. The topological polar surface area (TPSA) is 143 Å². The van der Waals surface area contributed by atoms with Crippen LogP contribution >= 0.6 is 0 Å². The van der Waals surface area contributed by atoms with Gasteiger partial charge in [0.15, 0.2) is 17.3 Å². The van der Waals surface area contributed by atoms with E-state index in [4.69, 9.17) is 0 Å². The zero-order valence-corrected chi connectivity index (χ0v) is 16.3. The maximum atomic E-state index is 13.2. The van der Waals surface area contributed by atoms with Crippen LogP contribution in [0.3, 0.4) is 0 Å². The molecule has 3 atom stereocenters. The third-order valence-electron chi connectivity index (χ3n) is 6.36. The van der Waals surface area contributed by atoms with Crippen molar-refractivity contribution in [3.8, 4) is 5.75 Å². The molecule has 3 unspecified atom stereocenters. The van der Waals surface area contributed by atoms with Gasteiger partial charge in [-0.2, -0.15) is 0 Å². The SMILES string of the molecule is CCc1ccc(O)c2c1CC1CC3CC(=O)C(C(C)=O)=C(O)C3C(=O)C1=C2O.O.[HH].[HH]. The van der Waals surface area contributed by atoms with Crippen LogP contribution < -0.4 is 0 Å². The number of carbonyl (C=O) groups is 3. The van der Waals surface area contributed by atoms with Crippen LogP contribution in [0.1, 0.15) is 46.2 Å². The van der Waals surface area contributed by atoms with E-state index in [2.05, 4.69) is 0 Å². The molecule has 1 fully saturated rings. The fraction of sp³-hybridized carbons (Fsp3) is 0.409. The number of aryl methyl sites for hydroxylation is 1. The third-order valence-corrected chi connectivity index (χ3v) is 6.36. The lowest BCUT2D eigenvalue weighted by Crippen LogP contribution is -2.43. The summed E-state index contributed by atoms with van der Waals surface area (Å²) in [5.41, 5.74) is 1.97. The number of aliphatic hydroxyl groups is 2. The maximum Gasteiger partial charge on any atom is 0.173 e. The van der Waals surface area contributed by atoms with Crippen molar-refractivity contribution < 1.29 is 38.0 Å². The van der Waals surface area contributed by atoms with E-state index in [0.29, 0.717) is 12.8 Å². The number of ketones is 3. The molecular formula is C22H28O7. The second-order valence-electron chi connectivity index (χ2n) is 7.90. The molecule has 7 heteroatoms. The number of hydrogen-bond donors (Lipinski definition) is 3. The number of benzene rings is 1. The Balaban J connectivity index is 0.00000160. The lowest BCUT2D eigenvalue weighted by Gasteiger charge is -2.41. The second-order valence-corrected chi connectivity index (χ2v) is 7.90. The average Bonchev–Trinajstić information content (AvgIpc) is 2.60. The van der Waals surface area contributed by atoms with Gasteiger partial charge < -0.3 is 20.8 Å². The molecule has 5 N–H and O–H groups in total. The van der Waals surface area contributed by atoms with E-state index in [-0.39, 0.29) is 48.9 Å². The summed E-state index contributed by atoms with van der Waals surface area (Å²) in [6.45, 7) is 3.18. The predicted octanol–water partition coefficient (Wildman–Crippen LogP) is 2.64. The Hall–Kier alpha value is -2.93. The van der Waals surface area contributed by atoms with E-state index in [1.165, 1.54) is 13.0 Å². The van der Waals surface area contributed by atoms with Crippen molar-refractivity contribution in [3.63, 3.8) is 0 Å². The van der Waals surface area contributed by atoms with Gasteiger partial charge >= 0.3 is 0 Å². The number of fused-ring (bicyclic) bond motifs is 3. The van der Waals surface area contributed by atoms with Crippen LogP contribution in [-0.2, 0) is 27.2 Å². The predicted molar refractivity (Wildman–Crippen MR) is 109 cm³/mol. The molecule has 0 radical (unpaired) electrons. The van der Waals surface area contributed by atoms with Crippen LogP contribution in [0, 0.1) is 17.8 Å². The molecule has 158 valence electrons. The minimum atomic E-state index is -0.997. The lowest BCUT2D eigenvalue weighted by atomic mass is 9.61. The third kappa shape index (κ3) is 2.88. The zero-order valence-electron chi connectivity index (χ0n) is 16.3.